The van der Waals surface area contributed by atoms with Gasteiger partial charge in [0.05, 0.1) is 0 Å². The van der Waals surface area contributed by atoms with Crippen LogP contribution in [0.4, 0.5) is 0 Å². The maximum absolute atomic E-state index is 4.00. The zero-order valence-electron chi connectivity index (χ0n) is 6.88. The van der Waals surface area contributed by atoms with Crippen LogP contribution in [0, 0.1) is 5.41 Å². The first-order chi connectivity index (χ1) is 5.29. The average molecular weight is 147 g/mol. The molecule has 1 heterocycles. The van der Waals surface area contributed by atoms with Crippen molar-refractivity contribution in [2.45, 2.75) is 26.2 Å². The number of hydrogen-bond acceptors (Lipinski definition) is 1. The molecule has 1 nitrogen and oxygen atoms in total. The molecule has 0 atom stereocenters. The monoisotopic (exact) mass is 147 g/mol. The number of nitrogens with zero attached hydrogens (tertiary/aromatic N) is 1. The fourth-order valence-corrected chi connectivity index (χ4v) is 1.38. The number of hydrogen-bond donors (Lipinski definition) is 0. The maximum Gasteiger partial charge on any atom is 0.0270 e. The molecule has 58 valence electrons. The topological polar surface area (TPSA) is 12.9 Å². The lowest BCUT2D eigenvalue weighted by atomic mass is 10.00. The first-order valence-electron chi connectivity index (χ1n) is 4.17. The van der Waals surface area contributed by atoms with Crippen LogP contribution >= 0.6 is 0 Å². The zero-order valence-corrected chi connectivity index (χ0v) is 6.88. The summed E-state index contributed by atoms with van der Waals surface area (Å²) in [6.45, 7) is 2.35. The van der Waals surface area contributed by atoms with Gasteiger partial charge in [-0.15, -0.1) is 0 Å². The van der Waals surface area contributed by atoms with E-state index in [0.717, 1.165) is 0 Å². The van der Waals surface area contributed by atoms with Crippen LogP contribution in [0.25, 0.3) is 0 Å². The molecule has 11 heavy (non-hydrogen) atoms. The van der Waals surface area contributed by atoms with Gasteiger partial charge >= 0.3 is 0 Å². The standard InChI is InChI=1S/C10H13N/c1-10(4-5-10)8-9-2-6-11-7-3-9/h2-3,6-7H,4-5,8H2,1H3. The minimum atomic E-state index is 0.626. The smallest absolute Gasteiger partial charge is 0.0270 e. The Morgan fingerprint density at radius 1 is 1.36 bits per heavy atom. The number of pyridine rings is 1. The van der Waals surface area contributed by atoms with Crippen LogP contribution in [-0.2, 0) is 6.42 Å². The molecule has 0 saturated heterocycles. The molecule has 1 aliphatic carbocycles. The van der Waals surface area contributed by atoms with Crippen LogP contribution in [0.2, 0.25) is 0 Å². The predicted octanol–water partition coefficient (Wildman–Crippen LogP) is 2.42. The van der Waals surface area contributed by atoms with Crippen molar-refractivity contribution in [2.24, 2.45) is 5.41 Å². The lowest BCUT2D eigenvalue weighted by Gasteiger charge is -2.06. The summed E-state index contributed by atoms with van der Waals surface area (Å²) >= 11 is 0. The largest absolute Gasteiger partial charge is 0.265 e. The summed E-state index contributed by atoms with van der Waals surface area (Å²) in [5.41, 5.74) is 2.06. The normalized spacial score (nSPS) is 19.7. The molecule has 0 aromatic carbocycles. The van der Waals surface area contributed by atoms with Crippen molar-refractivity contribution in [3.63, 3.8) is 0 Å². The van der Waals surface area contributed by atoms with E-state index in [1.165, 1.54) is 24.8 Å². The molecule has 0 spiro atoms. The van der Waals surface area contributed by atoms with Gasteiger partial charge in [0.15, 0.2) is 0 Å². The van der Waals surface area contributed by atoms with Gasteiger partial charge in [-0.2, -0.15) is 0 Å². The third-order valence-corrected chi connectivity index (χ3v) is 2.48. The molecule has 2 rings (SSSR count). The Morgan fingerprint density at radius 2 is 2.00 bits per heavy atom. The van der Waals surface area contributed by atoms with E-state index < -0.39 is 0 Å². The average Bonchev–Trinajstić information content (AvgIpc) is 2.70. The molecule has 0 aliphatic heterocycles. The fraction of sp³-hybridized carbons (Fsp3) is 0.500. The Balaban J connectivity index is 2.07. The van der Waals surface area contributed by atoms with Crippen LogP contribution in [0.1, 0.15) is 25.3 Å². The number of aromatic nitrogens is 1. The molecule has 0 radical (unpaired) electrons. The van der Waals surface area contributed by atoms with Crippen LogP contribution in [0.5, 0.6) is 0 Å². The molecule has 1 aliphatic rings. The van der Waals surface area contributed by atoms with E-state index in [1.54, 1.807) is 0 Å². The van der Waals surface area contributed by atoms with Crippen LogP contribution < -0.4 is 0 Å². The van der Waals surface area contributed by atoms with Gasteiger partial charge in [0, 0.05) is 12.4 Å². The highest BCUT2D eigenvalue weighted by molar-refractivity contribution is 5.14. The lowest BCUT2D eigenvalue weighted by molar-refractivity contribution is 0.570. The van der Waals surface area contributed by atoms with Crippen molar-refractivity contribution in [3.8, 4) is 0 Å². The predicted molar refractivity (Wildman–Crippen MR) is 45.3 cm³/mol. The van der Waals surface area contributed by atoms with Gasteiger partial charge in [0.25, 0.3) is 0 Å². The molecule has 0 unspecified atom stereocenters. The van der Waals surface area contributed by atoms with Crippen LogP contribution in [-0.4, -0.2) is 4.98 Å². The second-order valence-corrected chi connectivity index (χ2v) is 3.84. The van der Waals surface area contributed by atoms with E-state index >= 15 is 0 Å². The summed E-state index contributed by atoms with van der Waals surface area (Å²) in [5.74, 6) is 0. The molecule has 0 amide bonds. The summed E-state index contributed by atoms with van der Waals surface area (Å²) in [6.07, 6.45) is 7.78. The highest BCUT2D eigenvalue weighted by Gasteiger charge is 2.36. The summed E-state index contributed by atoms with van der Waals surface area (Å²) < 4.78 is 0. The van der Waals surface area contributed by atoms with Gasteiger partial charge in [0.2, 0.25) is 0 Å². The first kappa shape index (κ1) is 6.84. The zero-order chi connectivity index (χ0) is 7.73. The second kappa shape index (κ2) is 2.33. The van der Waals surface area contributed by atoms with Crippen molar-refractivity contribution >= 4 is 0 Å². The minimum absolute atomic E-state index is 0.626. The van der Waals surface area contributed by atoms with Gasteiger partial charge in [0.1, 0.15) is 0 Å². The summed E-state index contributed by atoms with van der Waals surface area (Å²) in [4.78, 5) is 4.00. The van der Waals surface area contributed by atoms with E-state index in [4.69, 9.17) is 0 Å². The lowest BCUT2D eigenvalue weighted by Crippen LogP contribution is -1.98. The third-order valence-electron chi connectivity index (χ3n) is 2.48. The maximum atomic E-state index is 4.00. The Morgan fingerprint density at radius 3 is 2.55 bits per heavy atom. The molecule has 0 bridgehead atoms. The van der Waals surface area contributed by atoms with E-state index in [-0.39, 0.29) is 0 Å². The van der Waals surface area contributed by atoms with Crippen molar-refractivity contribution in [2.75, 3.05) is 0 Å². The van der Waals surface area contributed by atoms with Crippen molar-refractivity contribution < 1.29 is 0 Å². The first-order valence-corrected chi connectivity index (χ1v) is 4.17. The van der Waals surface area contributed by atoms with Crippen molar-refractivity contribution in [1.82, 2.24) is 4.98 Å². The highest BCUT2D eigenvalue weighted by Crippen LogP contribution is 2.47. The van der Waals surface area contributed by atoms with Crippen LogP contribution in [0.15, 0.2) is 24.5 Å². The Kier molecular flexibility index (Phi) is 1.45. The van der Waals surface area contributed by atoms with Gasteiger partial charge in [-0.25, -0.2) is 0 Å². The molecule has 1 heteroatoms. The van der Waals surface area contributed by atoms with E-state index in [1.807, 2.05) is 12.4 Å². The summed E-state index contributed by atoms with van der Waals surface area (Å²) in [5, 5.41) is 0. The molecule has 1 aromatic rings. The summed E-state index contributed by atoms with van der Waals surface area (Å²) in [7, 11) is 0. The SMILES string of the molecule is CC1(Cc2ccncc2)CC1. The fourth-order valence-electron chi connectivity index (χ4n) is 1.38. The Hall–Kier alpha value is -0.850. The molecular weight excluding hydrogens is 134 g/mol. The quantitative estimate of drug-likeness (QED) is 0.626. The van der Waals surface area contributed by atoms with Gasteiger partial charge in [-0.1, -0.05) is 6.92 Å². The van der Waals surface area contributed by atoms with E-state index in [2.05, 4.69) is 24.0 Å². The van der Waals surface area contributed by atoms with Gasteiger partial charge in [-0.05, 0) is 42.4 Å². The molecule has 1 saturated carbocycles. The summed E-state index contributed by atoms with van der Waals surface area (Å²) in [6, 6.07) is 4.23. The Labute approximate surface area is 67.5 Å². The van der Waals surface area contributed by atoms with Gasteiger partial charge in [-0.3, -0.25) is 4.98 Å². The second-order valence-electron chi connectivity index (χ2n) is 3.84. The Bertz CT molecular complexity index is 236. The molecule has 0 N–H and O–H groups in total. The minimum Gasteiger partial charge on any atom is -0.265 e. The van der Waals surface area contributed by atoms with Gasteiger partial charge < -0.3 is 0 Å². The highest BCUT2D eigenvalue weighted by atomic mass is 14.6. The van der Waals surface area contributed by atoms with Crippen LogP contribution in [0.3, 0.4) is 0 Å². The van der Waals surface area contributed by atoms with E-state index in [0.29, 0.717) is 5.41 Å². The van der Waals surface area contributed by atoms with Crippen molar-refractivity contribution in [3.05, 3.63) is 30.1 Å². The molecule has 1 aromatic heterocycles. The van der Waals surface area contributed by atoms with Crippen molar-refractivity contribution in [1.29, 1.82) is 0 Å². The third kappa shape index (κ3) is 1.59. The molecule has 1 fully saturated rings. The molecular formula is C10H13N. The van der Waals surface area contributed by atoms with E-state index in [9.17, 15) is 0 Å². The number of rotatable bonds is 2.